The maximum absolute atomic E-state index is 13.1. The van der Waals surface area contributed by atoms with Crippen LogP contribution in [0, 0.1) is 0 Å². The minimum absolute atomic E-state index is 0.0621. The molecule has 0 aliphatic carbocycles. The number of ether oxygens (including phenoxy) is 1. The molecule has 172 valence electrons. The van der Waals surface area contributed by atoms with Crippen molar-refractivity contribution in [3.8, 4) is 5.75 Å². The van der Waals surface area contributed by atoms with Gasteiger partial charge >= 0.3 is 6.18 Å². The molecule has 9 heteroatoms. The van der Waals surface area contributed by atoms with Crippen LogP contribution in [0.2, 0.25) is 0 Å². The van der Waals surface area contributed by atoms with Crippen molar-refractivity contribution < 1.29 is 27.8 Å². The average Bonchev–Trinajstić information content (AvgIpc) is 3.07. The van der Waals surface area contributed by atoms with Crippen LogP contribution in [-0.2, 0) is 35.7 Å². The van der Waals surface area contributed by atoms with Crippen LogP contribution in [-0.4, -0.2) is 34.3 Å². The monoisotopic (exact) mass is 449 g/mol. The second-order valence-corrected chi connectivity index (χ2v) is 7.73. The summed E-state index contributed by atoms with van der Waals surface area (Å²) < 4.78 is 46.1. The summed E-state index contributed by atoms with van der Waals surface area (Å²) in [7, 11) is 3.38. The molecule has 1 unspecified atom stereocenters. The van der Waals surface area contributed by atoms with Gasteiger partial charge in [-0.05, 0) is 55.2 Å². The molecule has 0 saturated heterocycles. The van der Waals surface area contributed by atoms with Gasteiger partial charge in [-0.1, -0.05) is 6.07 Å². The van der Waals surface area contributed by atoms with Crippen LogP contribution in [0.3, 0.4) is 0 Å². The van der Waals surface area contributed by atoms with Crippen LogP contribution >= 0.6 is 0 Å². The van der Waals surface area contributed by atoms with Crippen molar-refractivity contribution in [3.05, 3.63) is 59.0 Å². The van der Waals surface area contributed by atoms with Crippen molar-refractivity contribution >= 4 is 16.8 Å². The Labute approximate surface area is 184 Å². The number of halogens is 3. The largest absolute Gasteiger partial charge is 0.508 e. The number of pyridine rings is 1. The quantitative estimate of drug-likeness (QED) is 0.503. The number of hydrogen-bond acceptors (Lipinski definition) is 4. The van der Waals surface area contributed by atoms with Gasteiger partial charge in [0.15, 0.2) is 0 Å². The zero-order valence-electron chi connectivity index (χ0n) is 18.2. The number of nitrogens with one attached hydrogen (secondary N) is 1. The number of aryl methyl sites for hydroxylation is 2. The highest BCUT2D eigenvalue weighted by Gasteiger charge is 2.33. The minimum Gasteiger partial charge on any atom is -0.508 e. The molecule has 2 aromatic heterocycles. The molecular formula is C23H26F3N3O3. The van der Waals surface area contributed by atoms with Crippen LogP contribution in [0.5, 0.6) is 5.75 Å². The van der Waals surface area contributed by atoms with Gasteiger partial charge in [0.25, 0.3) is 0 Å². The van der Waals surface area contributed by atoms with E-state index in [0.29, 0.717) is 30.7 Å². The third-order valence-corrected chi connectivity index (χ3v) is 5.44. The lowest BCUT2D eigenvalue weighted by Gasteiger charge is -2.15. The predicted octanol–water partition coefficient (Wildman–Crippen LogP) is 4.30. The van der Waals surface area contributed by atoms with Gasteiger partial charge in [-0.2, -0.15) is 13.2 Å². The maximum Gasteiger partial charge on any atom is 0.433 e. The number of hydrogen-bond donors (Lipinski definition) is 2. The summed E-state index contributed by atoms with van der Waals surface area (Å²) in [5, 5.41) is 13.4. The van der Waals surface area contributed by atoms with Gasteiger partial charge in [0.2, 0.25) is 5.91 Å². The SMILES string of the molecule is COCCCc1nc(C(F)(F)F)ccc1CNC(=O)C(C)c1cn(C)c2ccc(O)cc12. The van der Waals surface area contributed by atoms with Crippen LogP contribution in [0.4, 0.5) is 13.2 Å². The Bertz CT molecular complexity index is 1110. The molecule has 3 rings (SSSR count). The Morgan fingerprint density at radius 3 is 2.72 bits per heavy atom. The second kappa shape index (κ2) is 9.60. The molecule has 32 heavy (non-hydrogen) atoms. The van der Waals surface area contributed by atoms with E-state index in [1.54, 1.807) is 25.1 Å². The molecule has 2 heterocycles. The number of methoxy groups -OCH3 is 1. The lowest BCUT2D eigenvalue weighted by molar-refractivity contribution is -0.141. The lowest BCUT2D eigenvalue weighted by Crippen LogP contribution is -2.28. The molecule has 0 radical (unpaired) electrons. The number of rotatable bonds is 8. The van der Waals surface area contributed by atoms with Crippen molar-refractivity contribution in [2.45, 2.75) is 38.4 Å². The van der Waals surface area contributed by atoms with Gasteiger partial charge in [-0.3, -0.25) is 4.79 Å². The van der Waals surface area contributed by atoms with Crippen molar-refractivity contribution in [2.24, 2.45) is 7.05 Å². The maximum atomic E-state index is 13.1. The number of aromatic nitrogens is 2. The van der Waals surface area contributed by atoms with E-state index in [1.165, 1.54) is 13.2 Å². The molecule has 2 N–H and O–H groups in total. The molecule has 0 saturated carbocycles. The highest BCUT2D eigenvalue weighted by molar-refractivity contribution is 5.92. The third kappa shape index (κ3) is 5.21. The number of carbonyl (C=O) groups excluding carboxylic acids is 1. The van der Waals surface area contributed by atoms with Gasteiger partial charge < -0.3 is 19.7 Å². The number of fused-ring (bicyclic) bond motifs is 1. The summed E-state index contributed by atoms with van der Waals surface area (Å²) in [6, 6.07) is 7.26. The van der Waals surface area contributed by atoms with Crippen LogP contribution < -0.4 is 5.32 Å². The number of phenolic OH excluding ortho intramolecular Hbond substituents is 1. The van der Waals surface area contributed by atoms with E-state index in [0.717, 1.165) is 22.5 Å². The highest BCUT2D eigenvalue weighted by Crippen LogP contribution is 2.31. The van der Waals surface area contributed by atoms with Crippen LogP contribution in [0.1, 0.15) is 41.8 Å². The summed E-state index contributed by atoms with van der Waals surface area (Å²) in [6.45, 7) is 2.21. The summed E-state index contributed by atoms with van der Waals surface area (Å²) in [5.74, 6) is -0.697. The Kier molecular flexibility index (Phi) is 7.08. The summed E-state index contributed by atoms with van der Waals surface area (Å²) in [4.78, 5) is 16.6. The van der Waals surface area contributed by atoms with Crippen LogP contribution in [0.15, 0.2) is 36.5 Å². The fourth-order valence-corrected chi connectivity index (χ4v) is 3.68. The molecule has 3 aromatic rings. The van der Waals surface area contributed by atoms with E-state index in [9.17, 15) is 23.1 Å². The Morgan fingerprint density at radius 2 is 2.03 bits per heavy atom. The first-order valence-electron chi connectivity index (χ1n) is 10.2. The Morgan fingerprint density at radius 1 is 1.28 bits per heavy atom. The number of carbonyl (C=O) groups is 1. The van der Waals surface area contributed by atoms with E-state index in [1.807, 2.05) is 17.8 Å². The topological polar surface area (TPSA) is 76.4 Å². The normalized spacial score (nSPS) is 12.8. The second-order valence-electron chi connectivity index (χ2n) is 7.73. The van der Waals surface area contributed by atoms with E-state index in [2.05, 4.69) is 10.3 Å². The Hall–Kier alpha value is -3.07. The van der Waals surface area contributed by atoms with E-state index in [-0.39, 0.29) is 18.2 Å². The minimum atomic E-state index is -4.54. The van der Waals surface area contributed by atoms with Crippen LogP contribution in [0.25, 0.3) is 10.9 Å². The van der Waals surface area contributed by atoms with Crippen molar-refractivity contribution in [3.63, 3.8) is 0 Å². The van der Waals surface area contributed by atoms with Crippen molar-refractivity contribution in [1.29, 1.82) is 0 Å². The molecular weight excluding hydrogens is 423 g/mol. The smallest absolute Gasteiger partial charge is 0.433 e. The number of aromatic hydroxyl groups is 1. The molecule has 0 aliphatic rings. The molecule has 0 spiro atoms. The molecule has 0 fully saturated rings. The molecule has 1 atom stereocenters. The molecule has 1 aromatic carbocycles. The van der Waals surface area contributed by atoms with Crippen molar-refractivity contribution in [1.82, 2.24) is 14.9 Å². The van der Waals surface area contributed by atoms with E-state index >= 15 is 0 Å². The van der Waals surface area contributed by atoms with E-state index < -0.39 is 17.8 Å². The van der Waals surface area contributed by atoms with E-state index in [4.69, 9.17) is 4.74 Å². The number of nitrogens with zero attached hydrogens (tertiary/aromatic N) is 2. The first-order valence-corrected chi connectivity index (χ1v) is 10.2. The number of amides is 1. The molecule has 1 amide bonds. The van der Waals surface area contributed by atoms with Gasteiger partial charge in [0.05, 0.1) is 5.92 Å². The number of alkyl halides is 3. The van der Waals surface area contributed by atoms with Gasteiger partial charge in [-0.15, -0.1) is 0 Å². The fraction of sp³-hybridized carbons (Fsp3) is 0.391. The lowest BCUT2D eigenvalue weighted by atomic mass is 9.99. The van der Waals surface area contributed by atoms with Crippen molar-refractivity contribution in [2.75, 3.05) is 13.7 Å². The average molecular weight is 449 g/mol. The first kappa shape index (κ1) is 23.6. The zero-order valence-corrected chi connectivity index (χ0v) is 18.2. The summed E-state index contributed by atoms with van der Waals surface area (Å²) in [5.41, 5.74) is 1.50. The number of phenols is 1. The molecule has 0 bridgehead atoms. The molecule has 0 aliphatic heterocycles. The Balaban J connectivity index is 1.78. The number of benzene rings is 1. The first-order chi connectivity index (χ1) is 15.1. The third-order valence-electron chi connectivity index (χ3n) is 5.44. The van der Waals surface area contributed by atoms with Gasteiger partial charge in [0.1, 0.15) is 11.4 Å². The highest BCUT2D eigenvalue weighted by atomic mass is 19.4. The summed E-state index contributed by atoms with van der Waals surface area (Å²) >= 11 is 0. The predicted molar refractivity (Wildman–Crippen MR) is 114 cm³/mol. The standard InChI is InChI=1S/C23H26F3N3O3/c1-14(18-13-29(2)20-8-7-16(30)11-17(18)20)22(31)27-12-15-6-9-21(23(24,25)26)28-19(15)5-4-10-32-3/h6-9,11,13-14,30H,4-5,10,12H2,1-3H3,(H,27,31). The fourth-order valence-electron chi connectivity index (χ4n) is 3.68. The van der Waals surface area contributed by atoms with Gasteiger partial charge in [-0.25, -0.2) is 4.98 Å². The van der Waals surface area contributed by atoms with Gasteiger partial charge in [0, 0.05) is 50.1 Å². The summed E-state index contributed by atoms with van der Waals surface area (Å²) in [6.07, 6.45) is -1.88. The zero-order chi connectivity index (χ0) is 23.5. The molecule has 6 nitrogen and oxygen atoms in total.